The number of nitrogens with zero attached hydrogens (tertiary/aromatic N) is 3. The minimum absolute atomic E-state index is 0.0941. The standard InChI is InChI=1S/C14H22N4OS2/c1-14(2,3)15-8-10-6-7-11(19-10)9-20-13-17-16-12(21-13)18(4)5/h6-7,15H,8-9H2,1-5H3. The molecule has 5 nitrogen and oxygen atoms in total. The molecule has 0 fully saturated rings. The van der Waals surface area contributed by atoms with Gasteiger partial charge >= 0.3 is 0 Å². The van der Waals surface area contributed by atoms with Gasteiger partial charge in [0.15, 0.2) is 4.34 Å². The first-order valence-electron chi connectivity index (χ1n) is 6.80. The predicted molar refractivity (Wildman–Crippen MR) is 89.1 cm³/mol. The summed E-state index contributed by atoms with van der Waals surface area (Å²) in [5, 5.41) is 12.6. The molecule has 0 spiro atoms. The van der Waals surface area contributed by atoms with Gasteiger partial charge in [0.2, 0.25) is 5.13 Å². The Morgan fingerprint density at radius 3 is 2.57 bits per heavy atom. The Balaban J connectivity index is 1.84. The van der Waals surface area contributed by atoms with E-state index in [1.54, 1.807) is 23.1 Å². The molecule has 0 unspecified atom stereocenters. The maximum atomic E-state index is 5.82. The molecule has 0 aromatic carbocycles. The van der Waals surface area contributed by atoms with E-state index in [4.69, 9.17) is 4.42 Å². The molecule has 116 valence electrons. The van der Waals surface area contributed by atoms with E-state index >= 15 is 0 Å². The monoisotopic (exact) mass is 326 g/mol. The van der Waals surface area contributed by atoms with E-state index in [0.29, 0.717) is 0 Å². The second kappa shape index (κ2) is 6.81. The van der Waals surface area contributed by atoms with Gasteiger partial charge in [-0.25, -0.2) is 0 Å². The van der Waals surface area contributed by atoms with Crippen molar-refractivity contribution in [1.82, 2.24) is 15.5 Å². The summed E-state index contributed by atoms with van der Waals surface area (Å²) < 4.78 is 6.78. The highest BCUT2D eigenvalue weighted by molar-refractivity contribution is 8.00. The van der Waals surface area contributed by atoms with Gasteiger partial charge in [-0.3, -0.25) is 0 Å². The highest BCUT2D eigenvalue weighted by Crippen LogP contribution is 2.29. The molecule has 0 bridgehead atoms. The van der Waals surface area contributed by atoms with E-state index in [0.717, 1.165) is 33.3 Å². The lowest BCUT2D eigenvalue weighted by Gasteiger charge is -2.19. The van der Waals surface area contributed by atoms with Crippen LogP contribution in [-0.2, 0) is 12.3 Å². The molecule has 1 N–H and O–H groups in total. The van der Waals surface area contributed by atoms with Gasteiger partial charge in [-0.05, 0) is 32.9 Å². The van der Waals surface area contributed by atoms with Crippen LogP contribution in [0.5, 0.6) is 0 Å². The van der Waals surface area contributed by atoms with Gasteiger partial charge in [-0.1, -0.05) is 23.1 Å². The molecule has 7 heteroatoms. The molecule has 0 saturated carbocycles. The van der Waals surface area contributed by atoms with E-state index in [2.05, 4.69) is 36.3 Å². The lowest BCUT2D eigenvalue weighted by molar-refractivity contribution is 0.382. The van der Waals surface area contributed by atoms with Crippen molar-refractivity contribution >= 4 is 28.2 Å². The predicted octanol–water partition coefficient (Wildman–Crippen LogP) is 3.38. The maximum absolute atomic E-state index is 5.82. The van der Waals surface area contributed by atoms with Crippen molar-refractivity contribution in [3.05, 3.63) is 23.7 Å². The van der Waals surface area contributed by atoms with Crippen LogP contribution in [0.15, 0.2) is 20.9 Å². The van der Waals surface area contributed by atoms with Crippen LogP contribution >= 0.6 is 23.1 Å². The molecule has 2 aromatic rings. The highest BCUT2D eigenvalue weighted by Gasteiger charge is 2.11. The molecule has 2 rings (SSSR count). The third kappa shape index (κ3) is 5.33. The van der Waals surface area contributed by atoms with Gasteiger partial charge in [-0.15, -0.1) is 10.2 Å². The summed E-state index contributed by atoms with van der Waals surface area (Å²) in [6.45, 7) is 7.18. The second-order valence-electron chi connectivity index (χ2n) is 6.01. The fourth-order valence-corrected chi connectivity index (χ4v) is 3.18. The molecule has 0 amide bonds. The number of thioether (sulfide) groups is 1. The van der Waals surface area contributed by atoms with Crippen LogP contribution in [0, 0.1) is 0 Å². The zero-order valence-corrected chi connectivity index (χ0v) is 14.8. The molecular formula is C14H22N4OS2. The van der Waals surface area contributed by atoms with Crippen LogP contribution in [0.2, 0.25) is 0 Å². The summed E-state index contributed by atoms with van der Waals surface area (Å²) in [7, 11) is 3.94. The average molecular weight is 326 g/mol. The molecule has 0 aliphatic carbocycles. The van der Waals surface area contributed by atoms with E-state index in [-0.39, 0.29) is 5.54 Å². The first-order valence-corrected chi connectivity index (χ1v) is 8.60. The van der Waals surface area contributed by atoms with Crippen molar-refractivity contribution in [2.45, 2.75) is 42.9 Å². The van der Waals surface area contributed by atoms with E-state index in [1.807, 2.05) is 31.1 Å². The van der Waals surface area contributed by atoms with Crippen LogP contribution in [0.4, 0.5) is 5.13 Å². The number of anilines is 1. The smallest absolute Gasteiger partial charge is 0.208 e. The molecule has 2 aromatic heterocycles. The summed E-state index contributed by atoms with van der Waals surface area (Å²) in [6, 6.07) is 4.06. The van der Waals surface area contributed by atoms with Gasteiger partial charge in [-0.2, -0.15) is 0 Å². The van der Waals surface area contributed by atoms with Crippen LogP contribution < -0.4 is 10.2 Å². The molecule has 0 atom stereocenters. The Bertz CT molecular complexity index is 572. The maximum Gasteiger partial charge on any atom is 0.208 e. The largest absolute Gasteiger partial charge is 0.464 e. The van der Waals surface area contributed by atoms with Crippen LogP contribution in [-0.4, -0.2) is 29.8 Å². The third-order valence-corrected chi connectivity index (χ3v) is 4.87. The average Bonchev–Trinajstić information content (AvgIpc) is 3.02. The van der Waals surface area contributed by atoms with Crippen molar-refractivity contribution in [3.63, 3.8) is 0 Å². The summed E-state index contributed by atoms with van der Waals surface area (Å²) in [5.74, 6) is 2.71. The summed E-state index contributed by atoms with van der Waals surface area (Å²) in [5.41, 5.74) is 0.0941. The van der Waals surface area contributed by atoms with Crippen molar-refractivity contribution in [2.24, 2.45) is 0 Å². The number of furan rings is 1. The Morgan fingerprint density at radius 1 is 1.24 bits per heavy atom. The highest BCUT2D eigenvalue weighted by atomic mass is 32.2. The Morgan fingerprint density at radius 2 is 1.95 bits per heavy atom. The second-order valence-corrected chi connectivity index (χ2v) is 8.18. The van der Waals surface area contributed by atoms with Crippen LogP contribution in [0.3, 0.4) is 0 Å². The molecule has 2 heterocycles. The Kier molecular flexibility index (Phi) is 5.29. The number of rotatable bonds is 6. The lowest BCUT2D eigenvalue weighted by Crippen LogP contribution is -2.34. The van der Waals surface area contributed by atoms with Crippen molar-refractivity contribution in [2.75, 3.05) is 19.0 Å². The van der Waals surface area contributed by atoms with Crippen molar-refractivity contribution in [3.8, 4) is 0 Å². The first kappa shape index (κ1) is 16.3. The number of hydrogen-bond donors (Lipinski definition) is 1. The normalized spacial score (nSPS) is 11.9. The molecule has 0 radical (unpaired) electrons. The summed E-state index contributed by atoms with van der Waals surface area (Å²) in [4.78, 5) is 1.96. The lowest BCUT2D eigenvalue weighted by atomic mass is 10.1. The van der Waals surface area contributed by atoms with E-state index in [1.165, 1.54) is 0 Å². The molecular weight excluding hydrogens is 304 g/mol. The van der Waals surface area contributed by atoms with Gasteiger partial charge in [0, 0.05) is 19.6 Å². The quantitative estimate of drug-likeness (QED) is 0.821. The fourth-order valence-electron chi connectivity index (χ4n) is 1.52. The third-order valence-electron chi connectivity index (χ3n) is 2.63. The number of aromatic nitrogens is 2. The van der Waals surface area contributed by atoms with Crippen LogP contribution in [0.25, 0.3) is 0 Å². The van der Waals surface area contributed by atoms with Gasteiger partial charge in [0.1, 0.15) is 11.5 Å². The Labute approximate surface area is 134 Å². The van der Waals surface area contributed by atoms with Crippen molar-refractivity contribution < 1.29 is 4.42 Å². The SMILES string of the molecule is CN(C)c1nnc(SCc2ccc(CNC(C)(C)C)o2)s1. The summed E-state index contributed by atoms with van der Waals surface area (Å²) >= 11 is 3.25. The zero-order chi connectivity index (χ0) is 15.5. The first-order chi connectivity index (χ1) is 9.83. The van der Waals surface area contributed by atoms with Crippen molar-refractivity contribution in [1.29, 1.82) is 0 Å². The molecule has 0 saturated heterocycles. The van der Waals surface area contributed by atoms with Gasteiger partial charge < -0.3 is 14.6 Å². The number of hydrogen-bond acceptors (Lipinski definition) is 7. The van der Waals surface area contributed by atoms with Gasteiger partial charge in [0.25, 0.3) is 0 Å². The zero-order valence-electron chi connectivity index (χ0n) is 13.1. The van der Waals surface area contributed by atoms with E-state index < -0.39 is 0 Å². The minimum atomic E-state index is 0.0941. The Hall–Kier alpha value is -1.05. The molecule has 0 aliphatic rings. The van der Waals surface area contributed by atoms with Crippen LogP contribution in [0.1, 0.15) is 32.3 Å². The van der Waals surface area contributed by atoms with E-state index in [9.17, 15) is 0 Å². The summed E-state index contributed by atoms with van der Waals surface area (Å²) in [6.07, 6.45) is 0. The van der Waals surface area contributed by atoms with Gasteiger partial charge in [0.05, 0.1) is 12.3 Å². The minimum Gasteiger partial charge on any atom is -0.464 e. The number of nitrogens with one attached hydrogen (secondary N) is 1. The topological polar surface area (TPSA) is 54.2 Å². The molecule has 0 aliphatic heterocycles. The molecule has 21 heavy (non-hydrogen) atoms. The fraction of sp³-hybridized carbons (Fsp3) is 0.571.